The molecule has 4 aromatic heterocycles. The number of rotatable bonds is 5. The summed E-state index contributed by atoms with van der Waals surface area (Å²) >= 11 is 1.87. The number of H-pyrrole nitrogens is 1. The highest BCUT2D eigenvalue weighted by Crippen LogP contribution is 2.45. The Kier molecular flexibility index (Phi) is 4.86. The van der Waals surface area contributed by atoms with Gasteiger partial charge in [-0.1, -0.05) is 13.8 Å². The summed E-state index contributed by atoms with van der Waals surface area (Å²) in [5.41, 5.74) is 12.4. The zero-order valence-corrected chi connectivity index (χ0v) is 19.2. The molecule has 4 aromatic rings. The number of nitrogens with zero attached hydrogens (tertiary/aromatic N) is 4. The van der Waals surface area contributed by atoms with Crippen molar-refractivity contribution in [1.29, 1.82) is 0 Å². The first kappa shape index (κ1) is 20.2. The minimum Gasteiger partial charge on any atom is -0.369 e. The van der Waals surface area contributed by atoms with Gasteiger partial charge in [-0.05, 0) is 55.5 Å². The highest BCUT2D eigenvalue weighted by Gasteiger charge is 2.30. The number of amides is 1. The summed E-state index contributed by atoms with van der Waals surface area (Å²) in [7, 11) is 0. The molecule has 0 radical (unpaired) electrons. The van der Waals surface area contributed by atoms with E-state index in [0.717, 1.165) is 36.3 Å². The average molecular weight is 437 g/mol. The van der Waals surface area contributed by atoms with E-state index in [9.17, 15) is 4.79 Å². The number of primary amides is 1. The minimum absolute atomic E-state index is 0.248. The van der Waals surface area contributed by atoms with Crippen molar-refractivity contribution < 1.29 is 4.79 Å². The fraction of sp³-hybridized carbons (Fsp3) is 0.435. The predicted octanol–water partition coefficient (Wildman–Crippen LogP) is 3.95. The van der Waals surface area contributed by atoms with Crippen LogP contribution < -0.4 is 5.73 Å². The third kappa shape index (κ3) is 3.34. The molecule has 3 N–H and O–H groups in total. The van der Waals surface area contributed by atoms with E-state index in [1.54, 1.807) is 6.33 Å². The number of nitrogens with one attached hydrogen (secondary N) is 1. The second-order valence-corrected chi connectivity index (χ2v) is 10.0. The second-order valence-electron chi connectivity index (χ2n) is 8.99. The Morgan fingerprint density at radius 3 is 2.94 bits per heavy atom. The molecule has 0 aromatic carbocycles. The van der Waals surface area contributed by atoms with E-state index in [1.165, 1.54) is 31.9 Å². The van der Waals surface area contributed by atoms with Crippen molar-refractivity contribution in [3.8, 4) is 11.3 Å². The smallest absolute Gasteiger partial charge is 0.231 e. The number of aryl methyl sites for hydroxylation is 2. The van der Waals surface area contributed by atoms with Crippen LogP contribution in [0.2, 0.25) is 0 Å². The zero-order valence-electron chi connectivity index (χ0n) is 18.4. The van der Waals surface area contributed by atoms with Crippen molar-refractivity contribution in [1.82, 2.24) is 24.5 Å². The minimum atomic E-state index is -0.248. The molecule has 7 nitrogen and oxygen atoms in total. The maximum absolute atomic E-state index is 11.3. The van der Waals surface area contributed by atoms with Crippen LogP contribution in [0, 0.1) is 13.8 Å². The molecule has 0 saturated carbocycles. The highest BCUT2D eigenvalue weighted by molar-refractivity contribution is 7.19. The first-order chi connectivity index (χ1) is 14.8. The quantitative estimate of drug-likeness (QED) is 0.495. The number of nitrogens with two attached hydrogens (primary N) is 1. The summed E-state index contributed by atoms with van der Waals surface area (Å²) in [6.45, 7) is 11.0. The van der Waals surface area contributed by atoms with Crippen LogP contribution in [0.3, 0.4) is 0 Å². The van der Waals surface area contributed by atoms with Gasteiger partial charge in [-0.2, -0.15) is 5.10 Å². The molecule has 162 valence electrons. The third-order valence-electron chi connectivity index (χ3n) is 6.41. The van der Waals surface area contributed by atoms with Gasteiger partial charge in [-0.15, -0.1) is 11.3 Å². The number of likely N-dealkylation sites (tertiary alicyclic amines) is 1. The molecule has 1 saturated heterocycles. The van der Waals surface area contributed by atoms with Crippen LogP contribution in [0.4, 0.5) is 0 Å². The lowest BCUT2D eigenvalue weighted by Crippen LogP contribution is -2.31. The van der Waals surface area contributed by atoms with E-state index in [-0.39, 0.29) is 5.91 Å². The number of thiophene rings is 1. The van der Waals surface area contributed by atoms with E-state index >= 15 is 0 Å². The highest BCUT2D eigenvalue weighted by atomic mass is 32.1. The Hall–Kier alpha value is -2.71. The molecule has 1 unspecified atom stereocenters. The van der Waals surface area contributed by atoms with Crippen LogP contribution in [0.15, 0.2) is 18.6 Å². The summed E-state index contributed by atoms with van der Waals surface area (Å²) in [5, 5.41) is 5.71. The summed E-state index contributed by atoms with van der Waals surface area (Å²) in [4.78, 5) is 24.2. The molecule has 1 amide bonds. The lowest BCUT2D eigenvalue weighted by molar-refractivity contribution is -0.118. The lowest BCUT2D eigenvalue weighted by atomic mass is 9.94. The maximum Gasteiger partial charge on any atom is 0.231 e. The SMILES string of the molecule is Cc1c(C2CCN(CC(N)=O)C2)sc2[nH]c(-c3cc(C)c4ncnn4c3)c(C(C)C)c12. The van der Waals surface area contributed by atoms with Crippen molar-refractivity contribution in [2.45, 2.75) is 46.0 Å². The van der Waals surface area contributed by atoms with Gasteiger partial charge >= 0.3 is 0 Å². The average Bonchev–Trinajstić information content (AvgIpc) is 3.45. The topological polar surface area (TPSA) is 92.3 Å². The molecule has 1 fully saturated rings. The van der Waals surface area contributed by atoms with Crippen molar-refractivity contribution in [3.63, 3.8) is 0 Å². The van der Waals surface area contributed by atoms with Crippen molar-refractivity contribution in [3.05, 3.63) is 40.2 Å². The third-order valence-corrected chi connectivity index (χ3v) is 7.78. The number of hydrogen-bond donors (Lipinski definition) is 2. The lowest BCUT2D eigenvalue weighted by Gasteiger charge is -2.14. The second kappa shape index (κ2) is 7.46. The Labute approximate surface area is 185 Å². The fourth-order valence-corrected chi connectivity index (χ4v) is 6.44. The van der Waals surface area contributed by atoms with Gasteiger partial charge < -0.3 is 10.7 Å². The van der Waals surface area contributed by atoms with Gasteiger partial charge in [0.05, 0.1) is 12.2 Å². The molecule has 1 aliphatic heterocycles. The Bertz CT molecular complexity index is 1300. The first-order valence-electron chi connectivity index (χ1n) is 10.8. The van der Waals surface area contributed by atoms with Crippen LogP contribution in [0.25, 0.3) is 27.1 Å². The molecule has 31 heavy (non-hydrogen) atoms. The molecule has 0 aliphatic carbocycles. The van der Waals surface area contributed by atoms with Crippen LogP contribution in [0.1, 0.15) is 53.7 Å². The molecule has 0 spiro atoms. The molecule has 1 aliphatic rings. The molecule has 8 heteroatoms. The van der Waals surface area contributed by atoms with Gasteiger partial charge in [-0.25, -0.2) is 9.50 Å². The molecular formula is C23H28N6OS. The van der Waals surface area contributed by atoms with Gasteiger partial charge in [0.1, 0.15) is 11.2 Å². The number of aromatic nitrogens is 4. The van der Waals surface area contributed by atoms with Crippen molar-refractivity contribution in [2.24, 2.45) is 5.73 Å². The Balaban J connectivity index is 1.59. The van der Waals surface area contributed by atoms with E-state index < -0.39 is 0 Å². The summed E-state index contributed by atoms with van der Waals surface area (Å²) in [6, 6.07) is 2.19. The number of hydrogen-bond acceptors (Lipinski definition) is 5. The molecular weight excluding hydrogens is 408 g/mol. The van der Waals surface area contributed by atoms with Crippen molar-refractivity contribution >= 4 is 33.1 Å². The van der Waals surface area contributed by atoms with Gasteiger partial charge in [0.25, 0.3) is 0 Å². The van der Waals surface area contributed by atoms with Crippen molar-refractivity contribution in [2.75, 3.05) is 19.6 Å². The maximum atomic E-state index is 11.3. The van der Waals surface area contributed by atoms with Crippen LogP contribution in [0.5, 0.6) is 0 Å². The van der Waals surface area contributed by atoms with E-state index in [2.05, 4.69) is 59.9 Å². The number of aromatic amines is 1. The monoisotopic (exact) mass is 436 g/mol. The molecule has 0 bridgehead atoms. The fourth-order valence-electron chi connectivity index (χ4n) is 5.08. The standard InChI is InChI=1S/C23H28N6OS/c1-12(2)18-19-14(4)21(15-5-6-28(8-15)10-17(24)30)31-23(19)27-20(18)16-7-13(3)22-25-11-26-29(22)9-16/h7,9,11-12,15,27H,5-6,8,10H2,1-4H3,(H2,24,30). The Morgan fingerprint density at radius 1 is 1.39 bits per heavy atom. The van der Waals surface area contributed by atoms with Gasteiger partial charge in [-0.3, -0.25) is 9.69 Å². The van der Waals surface area contributed by atoms with Gasteiger partial charge in [0, 0.05) is 34.5 Å². The predicted molar refractivity (Wildman–Crippen MR) is 125 cm³/mol. The number of carbonyl (C=O) groups excluding carboxylic acids is 1. The Morgan fingerprint density at radius 2 is 2.19 bits per heavy atom. The zero-order chi connectivity index (χ0) is 21.9. The summed E-state index contributed by atoms with van der Waals surface area (Å²) < 4.78 is 1.86. The summed E-state index contributed by atoms with van der Waals surface area (Å²) in [6.07, 6.45) is 4.73. The van der Waals surface area contributed by atoms with Crippen LogP contribution in [-0.4, -0.2) is 50.0 Å². The number of carbonyl (C=O) groups is 1. The molecule has 1 atom stereocenters. The van der Waals surface area contributed by atoms with E-state index in [4.69, 9.17) is 5.73 Å². The number of fused-ring (bicyclic) bond motifs is 2. The van der Waals surface area contributed by atoms with Crippen LogP contribution >= 0.6 is 11.3 Å². The van der Waals surface area contributed by atoms with E-state index in [0.29, 0.717) is 18.4 Å². The first-order valence-corrected chi connectivity index (χ1v) is 11.6. The normalized spacial score (nSPS) is 17.5. The molecule has 5 heterocycles. The number of pyridine rings is 1. The van der Waals surface area contributed by atoms with Crippen LogP contribution in [-0.2, 0) is 4.79 Å². The molecule has 5 rings (SSSR count). The summed E-state index contributed by atoms with van der Waals surface area (Å²) in [5.74, 6) is 0.593. The largest absolute Gasteiger partial charge is 0.369 e. The van der Waals surface area contributed by atoms with Gasteiger partial charge in [0.15, 0.2) is 5.65 Å². The van der Waals surface area contributed by atoms with Gasteiger partial charge in [0.2, 0.25) is 5.91 Å². The van der Waals surface area contributed by atoms with E-state index in [1.807, 2.05) is 15.9 Å².